The lowest BCUT2D eigenvalue weighted by Gasteiger charge is -2.17. The molecule has 1 nitrogen and oxygen atoms in total. The number of hydrogen-bond donors (Lipinski definition) is 1. The summed E-state index contributed by atoms with van der Waals surface area (Å²) in [5, 5.41) is 0. The van der Waals surface area contributed by atoms with E-state index in [0.29, 0.717) is 6.42 Å². The van der Waals surface area contributed by atoms with Crippen LogP contribution in [0, 0.1) is 0 Å². The Labute approximate surface area is 82.9 Å². The summed E-state index contributed by atoms with van der Waals surface area (Å²) < 4.78 is 26.9. The van der Waals surface area contributed by atoms with Crippen LogP contribution in [0.1, 0.15) is 25.3 Å². The molecule has 0 amide bonds. The van der Waals surface area contributed by atoms with E-state index < -0.39 is 5.92 Å². The summed E-state index contributed by atoms with van der Waals surface area (Å²) in [5.74, 6) is -2.76. The summed E-state index contributed by atoms with van der Waals surface area (Å²) >= 11 is 0. The molecule has 0 fully saturated rings. The van der Waals surface area contributed by atoms with E-state index in [4.69, 9.17) is 5.73 Å². The van der Waals surface area contributed by atoms with Crippen molar-refractivity contribution in [3.63, 3.8) is 0 Å². The lowest BCUT2D eigenvalue weighted by molar-refractivity contribution is -0.0164. The Morgan fingerprint density at radius 3 is 2.36 bits per heavy atom. The molecular formula is C11H15F2N. The second-order valence-corrected chi connectivity index (χ2v) is 3.59. The lowest BCUT2D eigenvalue weighted by Crippen LogP contribution is -2.20. The molecule has 0 aliphatic carbocycles. The van der Waals surface area contributed by atoms with Crippen LogP contribution < -0.4 is 5.73 Å². The zero-order valence-electron chi connectivity index (χ0n) is 8.21. The Hall–Kier alpha value is -0.960. The molecule has 0 aromatic heterocycles. The molecule has 1 aromatic rings. The normalized spacial score (nSPS) is 14.0. The zero-order chi connectivity index (χ0) is 10.6. The van der Waals surface area contributed by atoms with Crippen molar-refractivity contribution in [2.75, 3.05) is 0 Å². The highest BCUT2D eigenvalue weighted by Gasteiger charge is 2.30. The van der Waals surface area contributed by atoms with Crippen LogP contribution in [0.15, 0.2) is 30.3 Å². The minimum atomic E-state index is -2.76. The van der Waals surface area contributed by atoms with Crippen molar-refractivity contribution in [3.8, 4) is 0 Å². The molecule has 0 saturated heterocycles. The van der Waals surface area contributed by atoms with Crippen molar-refractivity contribution < 1.29 is 8.78 Å². The molecule has 78 valence electrons. The molecule has 0 heterocycles. The fraction of sp³-hybridized carbons (Fsp3) is 0.455. The van der Waals surface area contributed by atoms with Gasteiger partial charge in [-0.05, 0) is 13.3 Å². The Bertz CT molecular complexity index is 270. The van der Waals surface area contributed by atoms with Gasteiger partial charge in [0.05, 0.1) is 0 Å². The standard InChI is InChI=1S/C11H15F2N/c1-9(14)7-8-11(12,13)10-5-3-2-4-6-10/h2-6,9H,7-8,14H2,1H3. The van der Waals surface area contributed by atoms with Crippen molar-refractivity contribution in [1.82, 2.24) is 0 Å². The van der Waals surface area contributed by atoms with Gasteiger partial charge in [0.2, 0.25) is 0 Å². The van der Waals surface area contributed by atoms with Gasteiger partial charge in [0.25, 0.3) is 5.92 Å². The van der Waals surface area contributed by atoms with Gasteiger partial charge < -0.3 is 5.73 Å². The van der Waals surface area contributed by atoms with Gasteiger partial charge in [0, 0.05) is 18.0 Å². The first-order valence-corrected chi connectivity index (χ1v) is 4.71. The van der Waals surface area contributed by atoms with Crippen LogP contribution in [0.3, 0.4) is 0 Å². The van der Waals surface area contributed by atoms with E-state index in [1.54, 1.807) is 25.1 Å². The highest BCUT2D eigenvalue weighted by atomic mass is 19.3. The van der Waals surface area contributed by atoms with Crippen LogP contribution in [0.4, 0.5) is 8.78 Å². The van der Waals surface area contributed by atoms with E-state index in [9.17, 15) is 8.78 Å². The van der Waals surface area contributed by atoms with Crippen molar-refractivity contribution in [2.24, 2.45) is 5.73 Å². The molecule has 14 heavy (non-hydrogen) atoms. The Morgan fingerprint density at radius 2 is 1.86 bits per heavy atom. The SMILES string of the molecule is CC(N)CCC(F)(F)c1ccccc1. The third-order valence-corrected chi connectivity index (χ3v) is 2.11. The van der Waals surface area contributed by atoms with E-state index in [1.165, 1.54) is 12.1 Å². The summed E-state index contributed by atoms with van der Waals surface area (Å²) in [6.45, 7) is 1.74. The average molecular weight is 199 g/mol. The fourth-order valence-electron chi connectivity index (χ4n) is 1.24. The largest absolute Gasteiger partial charge is 0.328 e. The molecule has 0 radical (unpaired) electrons. The van der Waals surface area contributed by atoms with E-state index in [2.05, 4.69) is 0 Å². The number of rotatable bonds is 4. The average Bonchev–Trinajstić information content (AvgIpc) is 2.16. The molecule has 0 saturated carbocycles. The highest BCUT2D eigenvalue weighted by molar-refractivity contribution is 5.19. The van der Waals surface area contributed by atoms with E-state index in [-0.39, 0.29) is 18.0 Å². The third-order valence-electron chi connectivity index (χ3n) is 2.11. The lowest BCUT2D eigenvalue weighted by atomic mass is 10.0. The smallest absolute Gasteiger partial charge is 0.273 e. The molecule has 1 unspecified atom stereocenters. The van der Waals surface area contributed by atoms with Crippen LogP contribution in [0.2, 0.25) is 0 Å². The van der Waals surface area contributed by atoms with Crippen LogP contribution >= 0.6 is 0 Å². The maximum Gasteiger partial charge on any atom is 0.273 e. The van der Waals surface area contributed by atoms with E-state index in [1.807, 2.05) is 0 Å². The molecular weight excluding hydrogens is 184 g/mol. The second kappa shape index (κ2) is 4.51. The molecule has 0 spiro atoms. The first kappa shape index (κ1) is 11.1. The number of alkyl halides is 2. The zero-order valence-corrected chi connectivity index (χ0v) is 8.21. The molecule has 1 aromatic carbocycles. The highest BCUT2D eigenvalue weighted by Crippen LogP contribution is 2.32. The maximum atomic E-state index is 13.5. The first-order valence-electron chi connectivity index (χ1n) is 4.71. The topological polar surface area (TPSA) is 26.0 Å². The molecule has 0 aliphatic rings. The summed E-state index contributed by atoms with van der Waals surface area (Å²) in [6.07, 6.45) is 0.149. The maximum absolute atomic E-state index is 13.5. The summed E-state index contributed by atoms with van der Waals surface area (Å²) in [7, 11) is 0. The van der Waals surface area contributed by atoms with Crippen molar-refractivity contribution in [3.05, 3.63) is 35.9 Å². The van der Waals surface area contributed by atoms with Gasteiger partial charge in [-0.2, -0.15) is 0 Å². The minimum absolute atomic E-state index is 0.0700. The Kier molecular flexibility index (Phi) is 3.58. The van der Waals surface area contributed by atoms with Gasteiger partial charge in [-0.25, -0.2) is 8.78 Å². The quantitative estimate of drug-likeness (QED) is 0.792. The Morgan fingerprint density at radius 1 is 1.29 bits per heavy atom. The summed E-state index contributed by atoms with van der Waals surface area (Å²) in [5.41, 5.74) is 5.51. The van der Waals surface area contributed by atoms with E-state index in [0.717, 1.165) is 0 Å². The van der Waals surface area contributed by atoms with Gasteiger partial charge in [-0.3, -0.25) is 0 Å². The predicted octanol–water partition coefficient (Wildman–Crippen LogP) is 2.91. The predicted molar refractivity (Wildman–Crippen MR) is 53.2 cm³/mol. The second-order valence-electron chi connectivity index (χ2n) is 3.59. The summed E-state index contributed by atoms with van der Waals surface area (Å²) in [6, 6.07) is 7.68. The molecule has 0 aliphatic heterocycles. The van der Waals surface area contributed by atoms with E-state index >= 15 is 0 Å². The Balaban J connectivity index is 2.66. The van der Waals surface area contributed by atoms with Gasteiger partial charge in [0.1, 0.15) is 0 Å². The van der Waals surface area contributed by atoms with Gasteiger partial charge in [0.15, 0.2) is 0 Å². The number of halogens is 2. The van der Waals surface area contributed by atoms with Gasteiger partial charge in [-0.1, -0.05) is 30.3 Å². The van der Waals surface area contributed by atoms with Crippen LogP contribution in [-0.2, 0) is 5.92 Å². The van der Waals surface area contributed by atoms with Crippen molar-refractivity contribution in [1.29, 1.82) is 0 Å². The summed E-state index contributed by atoms with van der Waals surface area (Å²) in [4.78, 5) is 0. The van der Waals surface area contributed by atoms with Crippen molar-refractivity contribution in [2.45, 2.75) is 31.7 Å². The molecule has 1 rings (SSSR count). The van der Waals surface area contributed by atoms with Gasteiger partial charge in [-0.15, -0.1) is 0 Å². The first-order chi connectivity index (χ1) is 6.52. The monoisotopic (exact) mass is 199 g/mol. The van der Waals surface area contributed by atoms with Crippen LogP contribution in [0.25, 0.3) is 0 Å². The fourth-order valence-corrected chi connectivity index (χ4v) is 1.24. The van der Waals surface area contributed by atoms with Crippen LogP contribution in [-0.4, -0.2) is 6.04 Å². The number of benzene rings is 1. The molecule has 0 bridgehead atoms. The minimum Gasteiger partial charge on any atom is -0.328 e. The number of hydrogen-bond acceptors (Lipinski definition) is 1. The van der Waals surface area contributed by atoms with Crippen molar-refractivity contribution >= 4 is 0 Å². The molecule has 3 heteroatoms. The molecule has 1 atom stereocenters. The van der Waals surface area contributed by atoms with Gasteiger partial charge >= 0.3 is 0 Å². The molecule has 2 N–H and O–H groups in total. The third kappa shape index (κ3) is 3.07. The van der Waals surface area contributed by atoms with Crippen LogP contribution in [0.5, 0.6) is 0 Å². The number of nitrogens with two attached hydrogens (primary N) is 1.